The fourth-order valence-electron chi connectivity index (χ4n) is 11.6. The standard InChI is InChI=1S/C26H41NO6/c1-6-27-12-23(13-28-2)8-7-19(30-4)26-16-9-15-17(29-3)10-24(20(16)21(15)31-5)25(22(26)27,11-18(23)26)33-14-32-24/h15-22H,6-14H2,1-5H3/t15-,16?,17?,18-,19+,20?,21+,22-,23+,24-,25+,26-/m1/s1. The molecule has 3 unspecified atom stereocenters. The van der Waals surface area contributed by atoms with Crippen molar-refractivity contribution in [1.82, 2.24) is 4.90 Å². The van der Waals surface area contributed by atoms with Gasteiger partial charge in [0.15, 0.2) is 0 Å². The number of ether oxygens (including phenoxy) is 6. The van der Waals surface area contributed by atoms with E-state index in [1.54, 1.807) is 0 Å². The van der Waals surface area contributed by atoms with Gasteiger partial charge in [-0.2, -0.15) is 0 Å². The first-order valence-corrected chi connectivity index (χ1v) is 13.1. The molecule has 0 aromatic rings. The predicted octanol–water partition coefficient (Wildman–Crippen LogP) is 2.32. The Hall–Kier alpha value is -0.280. The van der Waals surface area contributed by atoms with Crippen LogP contribution in [0.25, 0.3) is 0 Å². The van der Waals surface area contributed by atoms with E-state index in [2.05, 4.69) is 11.8 Å². The predicted molar refractivity (Wildman–Crippen MR) is 120 cm³/mol. The lowest BCUT2D eigenvalue weighted by atomic mass is 9.42. The van der Waals surface area contributed by atoms with E-state index in [9.17, 15) is 0 Å². The first-order chi connectivity index (χ1) is 16.0. The van der Waals surface area contributed by atoms with Crippen LogP contribution in [0, 0.1) is 34.5 Å². The Morgan fingerprint density at radius 2 is 1.82 bits per heavy atom. The zero-order valence-corrected chi connectivity index (χ0v) is 20.9. The van der Waals surface area contributed by atoms with Crippen LogP contribution < -0.4 is 0 Å². The molecule has 7 aliphatic rings. The third-order valence-electron chi connectivity index (χ3n) is 12.1. The summed E-state index contributed by atoms with van der Waals surface area (Å²) in [6.07, 6.45) is 5.89. The van der Waals surface area contributed by atoms with E-state index < -0.39 is 0 Å². The highest BCUT2D eigenvalue weighted by Gasteiger charge is 2.90. The van der Waals surface area contributed by atoms with Crippen LogP contribution in [0.1, 0.15) is 39.0 Å². The molecular weight excluding hydrogens is 422 g/mol. The number of rotatable bonds is 6. The number of methoxy groups -OCH3 is 4. The van der Waals surface area contributed by atoms with E-state index in [0.717, 1.165) is 51.8 Å². The van der Waals surface area contributed by atoms with Gasteiger partial charge >= 0.3 is 0 Å². The number of hydrogen-bond acceptors (Lipinski definition) is 7. The van der Waals surface area contributed by atoms with Crippen molar-refractivity contribution < 1.29 is 28.4 Å². The molecule has 5 aliphatic carbocycles. The fraction of sp³-hybridized carbons (Fsp3) is 1.00. The molecule has 2 saturated heterocycles. The van der Waals surface area contributed by atoms with Crippen LogP contribution in [0.5, 0.6) is 0 Å². The van der Waals surface area contributed by atoms with E-state index in [1.807, 2.05) is 28.4 Å². The Morgan fingerprint density at radius 3 is 2.52 bits per heavy atom. The minimum absolute atomic E-state index is 0.0375. The van der Waals surface area contributed by atoms with Crippen molar-refractivity contribution in [2.45, 2.75) is 74.6 Å². The maximum atomic E-state index is 6.94. The van der Waals surface area contributed by atoms with Crippen molar-refractivity contribution in [2.24, 2.45) is 34.5 Å². The van der Waals surface area contributed by atoms with Gasteiger partial charge in [-0.1, -0.05) is 6.92 Å². The Bertz CT molecular complexity index is 827. The molecule has 2 aliphatic heterocycles. The van der Waals surface area contributed by atoms with Gasteiger partial charge in [0.2, 0.25) is 0 Å². The highest BCUT2D eigenvalue weighted by molar-refractivity contribution is 5.40. The number of likely N-dealkylation sites (N-methyl/N-ethyl adjacent to an activating group) is 1. The topological polar surface area (TPSA) is 58.6 Å². The fourth-order valence-corrected chi connectivity index (χ4v) is 11.6. The van der Waals surface area contributed by atoms with Gasteiger partial charge in [-0.25, -0.2) is 0 Å². The second-order valence-electron chi connectivity index (χ2n) is 12.2. The monoisotopic (exact) mass is 463 g/mol. The summed E-state index contributed by atoms with van der Waals surface area (Å²) < 4.78 is 38.8. The minimum atomic E-state index is -0.353. The van der Waals surface area contributed by atoms with E-state index >= 15 is 0 Å². The molecule has 7 rings (SSSR count). The van der Waals surface area contributed by atoms with Gasteiger partial charge in [0.25, 0.3) is 0 Å². The quantitative estimate of drug-likeness (QED) is 0.599. The lowest BCUT2D eigenvalue weighted by Crippen LogP contribution is -2.80. The Morgan fingerprint density at radius 1 is 1.00 bits per heavy atom. The highest BCUT2D eigenvalue weighted by Crippen LogP contribution is 2.82. The molecule has 0 radical (unpaired) electrons. The van der Waals surface area contributed by atoms with Crippen molar-refractivity contribution in [1.29, 1.82) is 0 Å². The first-order valence-electron chi connectivity index (χ1n) is 13.1. The number of fused-ring (bicyclic) bond motifs is 1. The smallest absolute Gasteiger partial charge is 0.148 e. The number of nitrogens with zero attached hydrogens (tertiary/aromatic N) is 1. The summed E-state index contributed by atoms with van der Waals surface area (Å²) in [4.78, 5) is 2.76. The Kier molecular flexibility index (Phi) is 4.61. The summed E-state index contributed by atoms with van der Waals surface area (Å²) in [5.74, 6) is 1.73. The average molecular weight is 464 g/mol. The normalized spacial score (nSPS) is 60.3. The molecule has 0 aromatic carbocycles. The van der Waals surface area contributed by atoms with E-state index in [-0.39, 0.29) is 40.3 Å². The molecule has 3 spiro atoms. The minimum Gasteiger partial charge on any atom is -0.384 e. The molecule has 0 N–H and O–H groups in total. The van der Waals surface area contributed by atoms with Crippen LogP contribution in [0.3, 0.4) is 0 Å². The van der Waals surface area contributed by atoms with Gasteiger partial charge in [0, 0.05) is 64.1 Å². The third kappa shape index (κ3) is 2.09. The highest BCUT2D eigenvalue weighted by atomic mass is 16.7. The maximum Gasteiger partial charge on any atom is 0.148 e. The zero-order valence-electron chi connectivity index (χ0n) is 20.9. The lowest BCUT2D eigenvalue weighted by molar-refractivity contribution is -0.286. The second kappa shape index (κ2) is 6.93. The van der Waals surface area contributed by atoms with Crippen LogP contribution in [0.15, 0.2) is 0 Å². The molecule has 7 heteroatoms. The van der Waals surface area contributed by atoms with Gasteiger partial charge in [-0.05, 0) is 44.1 Å². The molecule has 7 bridgehead atoms. The van der Waals surface area contributed by atoms with Crippen molar-refractivity contribution in [3.05, 3.63) is 0 Å². The van der Waals surface area contributed by atoms with E-state index in [0.29, 0.717) is 36.5 Å². The van der Waals surface area contributed by atoms with Gasteiger partial charge in [0.05, 0.1) is 31.0 Å². The van der Waals surface area contributed by atoms with Crippen LogP contribution >= 0.6 is 0 Å². The summed E-state index contributed by atoms with van der Waals surface area (Å²) in [6, 6.07) is 0.311. The molecule has 0 aromatic heterocycles. The Labute approximate surface area is 197 Å². The van der Waals surface area contributed by atoms with Crippen LogP contribution in [-0.2, 0) is 28.4 Å². The van der Waals surface area contributed by atoms with Gasteiger partial charge in [0.1, 0.15) is 18.0 Å². The third-order valence-corrected chi connectivity index (χ3v) is 12.1. The maximum absolute atomic E-state index is 6.94. The van der Waals surface area contributed by atoms with E-state index in [4.69, 9.17) is 28.4 Å². The van der Waals surface area contributed by atoms with Gasteiger partial charge in [-0.3, -0.25) is 4.90 Å². The second-order valence-corrected chi connectivity index (χ2v) is 12.2. The molecule has 7 fully saturated rings. The summed E-state index contributed by atoms with van der Waals surface area (Å²) in [7, 11) is 7.59. The lowest BCUT2D eigenvalue weighted by Gasteiger charge is -2.70. The summed E-state index contributed by atoms with van der Waals surface area (Å²) in [5.41, 5.74) is -0.509. The summed E-state index contributed by atoms with van der Waals surface area (Å²) >= 11 is 0. The van der Waals surface area contributed by atoms with Crippen molar-refractivity contribution in [3.8, 4) is 0 Å². The number of likely N-dealkylation sites (tertiary alicyclic amines) is 1. The molecule has 2 heterocycles. The SMILES string of the molecule is CCN1C[C@]2(COC)CC[C@H](OC)[C@@]34C5C[C@@H]6C(OC)C[C@@]7(OCO[C@@]7(C[C@H]23)[C@@H]14)C5[C@H]6OC. The number of hydrogen-bond donors (Lipinski definition) is 0. The molecule has 0 amide bonds. The van der Waals surface area contributed by atoms with Gasteiger partial charge < -0.3 is 28.4 Å². The molecule has 5 saturated carbocycles. The molecule has 12 atom stereocenters. The van der Waals surface area contributed by atoms with Crippen molar-refractivity contribution in [3.63, 3.8) is 0 Å². The van der Waals surface area contributed by atoms with Crippen molar-refractivity contribution in [2.75, 3.05) is 54.9 Å². The average Bonchev–Trinajstić information content (AvgIpc) is 3.41. The molecule has 7 nitrogen and oxygen atoms in total. The summed E-state index contributed by atoms with van der Waals surface area (Å²) in [6.45, 7) is 5.63. The largest absolute Gasteiger partial charge is 0.384 e. The van der Waals surface area contributed by atoms with Crippen molar-refractivity contribution >= 4 is 0 Å². The first kappa shape index (κ1) is 22.0. The zero-order chi connectivity index (χ0) is 22.8. The molecule has 186 valence electrons. The van der Waals surface area contributed by atoms with Crippen LogP contribution in [0.4, 0.5) is 0 Å². The summed E-state index contributed by atoms with van der Waals surface area (Å²) in [5, 5.41) is 0. The Balaban J connectivity index is 1.52. The molecule has 33 heavy (non-hydrogen) atoms. The number of piperidine rings is 1. The van der Waals surface area contributed by atoms with Crippen LogP contribution in [0.2, 0.25) is 0 Å². The molecular formula is C26H41NO6. The van der Waals surface area contributed by atoms with Crippen LogP contribution in [-0.4, -0.2) is 95.4 Å². The van der Waals surface area contributed by atoms with E-state index in [1.165, 1.54) is 0 Å². The van der Waals surface area contributed by atoms with Gasteiger partial charge in [-0.15, -0.1) is 0 Å².